The number of rotatable bonds is 6. The van der Waals surface area contributed by atoms with Gasteiger partial charge in [-0.05, 0) is 24.8 Å². The Morgan fingerprint density at radius 3 is 2.33 bits per heavy atom. The summed E-state index contributed by atoms with van der Waals surface area (Å²) < 4.78 is 0. The number of nitrogens with zero attached hydrogens (tertiary/aromatic N) is 1. The first-order valence-corrected chi connectivity index (χ1v) is 5.50. The van der Waals surface area contributed by atoms with Crippen LogP contribution in [-0.2, 0) is 12.8 Å². The summed E-state index contributed by atoms with van der Waals surface area (Å²) in [6.07, 6.45) is 1.42. The van der Waals surface area contributed by atoms with Crippen LogP contribution in [-0.4, -0.2) is 28.4 Å². The molecule has 1 aromatic carbocycles. The van der Waals surface area contributed by atoms with Crippen LogP contribution in [0.15, 0.2) is 18.2 Å². The smallest absolute Gasteiger partial charge is 0.272 e. The van der Waals surface area contributed by atoms with Gasteiger partial charge in [0.25, 0.3) is 5.69 Å². The lowest BCUT2D eigenvalue weighted by Crippen LogP contribution is -2.02. The van der Waals surface area contributed by atoms with Crippen LogP contribution in [0.25, 0.3) is 0 Å². The maximum absolute atomic E-state index is 10.8. The van der Waals surface area contributed by atoms with Gasteiger partial charge in [0, 0.05) is 24.8 Å². The zero-order valence-electron chi connectivity index (χ0n) is 10.1. The molecule has 102 valence electrons. The fraction of sp³-hybridized carbons (Fsp3) is 0.455. The van der Waals surface area contributed by atoms with Crippen molar-refractivity contribution in [3.8, 4) is 0 Å². The summed E-state index contributed by atoms with van der Waals surface area (Å²) in [4.78, 5) is 10.4. The molecule has 0 atom stereocenters. The lowest BCUT2D eigenvalue weighted by atomic mass is 10.0. The van der Waals surface area contributed by atoms with Crippen molar-refractivity contribution in [2.75, 3.05) is 13.2 Å². The number of aliphatic hydroxyl groups excluding tert-OH is 2. The number of nitrogens with two attached hydrogens (primary N) is 2. The van der Waals surface area contributed by atoms with Crippen LogP contribution in [0, 0.1) is 10.1 Å². The van der Waals surface area contributed by atoms with Gasteiger partial charge in [-0.1, -0.05) is 12.1 Å². The standard InChI is InChI=1S/C11H15NO4.H4N2/c13-6-1-2-10-4-3-9(5-7-14)8-11(10)12(15)16;1-2/h3-4,8,13-14H,1-2,5-7H2;1-2H2. The minimum absolute atomic E-state index is 0.0207. The summed E-state index contributed by atoms with van der Waals surface area (Å²) in [6, 6.07) is 4.96. The summed E-state index contributed by atoms with van der Waals surface area (Å²) >= 11 is 0. The highest BCUT2D eigenvalue weighted by atomic mass is 16.6. The van der Waals surface area contributed by atoms with E-state index in [1.165, 1.54) is 6.07 Å². The van der Waals surface area contributed by atoms with Crippen molar-refractivity contribution in [2.24, 2.45) is 11.7 Å². The Hall–Kier alpha value is -1.54. The Labute approximate surface area is 105 Å². The number of aryl methyl sites for hydroxylation is 1. The van der Waals surface area contributed by atoms with Crippen molar-refractivity contribution in [1.29, 1.82) is 0 Å². The SMILES string of the molecule is NN.O=[N+]([O-])c1cc(CCO)ccc1CCCO. The van der Waals surface area contributed by atoms with E-state index in [4.69, 9.17) is 10.2 Å². The molecule has 1 rings (SSSR count). The summed E-state index contributed by atoms with van der Waals surface area (Å²) in [5.74, 6) is 8.00. The summed E-state index contributed by atoms with van der Waals surface area (Å²) in [6.45, 7) is 0.00267. The molecule has 0 saturated carbocycles. The zero-order chi connectivity index (χ0) is 14.0. The number of hydrogen-bond donors (Lipinski definition) is 4. The van der Waals surface area contributed by atoms with Crippen LogP contribution >= 0.6 is 0 Å². The van der Waals surface area contributed by atoms with E-state index in [-0.39, 0.29) is 18.9 Å². The lowest BCUT2D eigenvalue weighted by Gasteiger charge is -2.04. The van der Waals surface area contributed by atoms with Gasteiger partial charge in [0.15, 0.2) is 0 Å². The summed E-state index contributed by atoms with van der Waals surface area (Å²) in [5, 5.41) is 28.3. The molecule has 0 aliphatic heterocycles. The van der Waals surface area contributed by atoms with E-state index in [2.05, 4.69) is 11.7 Å². The van der Waals surface area contributed by atoms with Crippen LogP contribution in [0.1, 0.15) is 17.5 Å². The van der Waals surface area contributed by atoms with Crippen LogP contribution in [0.4, 0.5) is 5.69 Å². The minimum atomic E-state index is -0.423. The molecule has 0 aliphatic carbocycles. The Kier molecular flexibility index (Phi) is 8.67. The maximum atomic E-state index is 10.8. The highest BCUT2D eigenvalue weighted by Crippen LogP contribution is 2.22. The molecule has 0 aliphatic rings. The third-order valence-electron chi connectivity index (χ3n) is 2.35. The van der Waals surface area contributed by atoms with Gasteiger partial charge in [0.2, 0.25) is 0 Å². The average molecular weight is 257 g/mol. The molecule has 7 nitrogen and oxygen atoms in total. The van der Waals surface area contributed by atoms with Crippen molar-refractivity contribution in [3.63, 3.8) is 0 Å². The van der Waals surface area contributed by atoms with Crippen molar-refractivity contribution in [2.45, 2.75) is 19.3 Å². The Morgan fingerprint density at radius 2 is 1.83 bits per heavy atom. The van der Waals surface area contributed by atoms with Crippen LogP contribution in [0.5, 0.6) is 0 Å². The molecule has 1 aromatic rings. The van der Waals surface area contributed by atoms with E-state index >= 15 is 0 Å². The molecular weight excluding hydrogens is 238 g/mol. The predicted molar refractivity (Wildman–Crippen MR) is 67.7 cm³/mol. The van der Waals surface area contributed by atoms with Crippen molar-refractivity contribution in [1.82, 2.24) is 0 Å². The second-order valence-electron chi connectivity index (χ2n) is 3.52. The van der Waals surface area contributed by atoms with E-state index in [0.29, 0.717) is 24.8 Å². The number of hydrogen-bond acceptors (Lipinski definition) is 6. The molecule has 18 heavy (non-hydrogen) atoms. The lowest BCUT2D eigenvalue weighted by molar-refractivity contribution is -0.385. The molecule has 0 bridgehead atoms. The summed E-state index contributed by atoms with van der Waals surface area (Å²) in [5.41, 5.74) is 1.45. The van der Waals surface area contributed by atoms with Crippen LogP contribution in [0.3, 0.4) is 0 Å². The molecule has 0 aromatic heterocycles. The molecular formula is C11H19N3O4. The molecule has 0 fully saturated rings. The number of benzene rings is 1. The number of aliphatic hydroxyl groups is 2. The molecule has 7 heteroatoms. The van der Waals surface area contributed by atoms with Gasteiger partial charge >= 0.3 is 0 Å². The number of nitro groups is 1. The van der Waals surface area contributed by atoms with E-state index in [0.717, 1.165) is 5.56 Å². The maximum Gasteiger partial charge on any atom is 0.272 e. The normalized spacial score (nSPS) is 9.56. The van der Waals surface area contributed by atoms with Crippen LogP contribution in [0.2, 0.25) is 0 Å². The third-order valence-corrected chi connectivity index (χ3v) is 2.35. The molecule has 0 saturated heterocycles. The van der Waals surface area contributed by atoms with Crippen molar-refractivity contribution in [3.05, 3.63) is 39.4 Å². The Balaban J connectivity index is 0.00000137. The zero-order valence-corrected chi connectivity index (χ0v) is 10.1. The fourth-order valence-corrected chi connectivity index (χ4v) is 1.54. The number of nitro benzene ring substituents is 1. The highest BCUT2D eigenvalue weighted by Gasteiger charge is 2.13. The van der Waals surface area contributed by atoms with Crippen molar-refractivity contribution < 1.29 is 15.1 Å². The molecule has 0 spiro atoms. The molecule has 0 amide bonds. The highest BCUT2D eigenvalue weighted by molar-refractivity contribution is 5.43. The van der Waals surface area contributed by atoms with Gasteiger partial charge in [-0.2, -0.15) is 0 Å². The number of hydrazine groups is 1. The average Bonchev–Trinajstić information content (AvgIpc) is 2.39. The molecule has 0 radical (unpaired) electrons. The quantitative estimate of drug-likeness (QED) is 0.318. The summed E-state index contributed by atoms with van der Waals surface area (Å²) in [7, 11) is 0. The topological polar surface area (TPSA) is 136 Å². The minimum Gasteiger partial charge on any atom is -0.396 e. The van der Waals surface area contributed by atoms with E-state index in [1.807, 2.05) is 0 Å². The fourth-order valence-electron chi connectivity index (χ4n) is 1.54. The third kappa shape index (κ3) is 5.19. The molecule has 0 unspecified atom stereocenters. The van der Waals surface area contributed by atoms with Gasteiger partial charge in [0.05, 0.1) is 4.92 Å². The molecule has 0 heterocycles. The van der Waals surface area contributed by atoms with Crippen LogP contribution < -0.4 is 11.7 Å². The van der Waals surface area contributed by atoms with Gasteiger partial charge in [-0.3, -0.25) is 21.8 Å². The van der Waals surface area contributed by atoms with E-state index in [1.54, 1.807) is 12.1 Å². The Morgan fingerprint density at radius 1 is 1.17 bits per heavy atom. The predicted octanol–water partition coefficient (Wildman–Crippen LogP) is -0.127. The van der Waals surface area contributed by atoms with Gasteiger partial charge in [-0.15, -0.1) is 0 Å². The largest absolute Gasteiger partial charge is 0.396 e. The second kappa shape index (κ2) is 9.49. The molecule has 6 N–H and O–H groups in total. The monoisotopic (exact) mass is 257 g/mol. The van der Waals surface area contributed by atoms with E-state index < -0.39 is 4.92 Å². The first-order valence-electron chi connectivity index (χ1n) is 5.50. The van der Waals surface area contributed by atoms with Crippen molar-refractivity contribution >= 4 is 5.69 Å². The first kappa shape index (κ1) is 16.5. The Bertz CT molecular complexity index is 371. The van der Waals surface area contributed by atoms with Gasteiger partial charge < -0.3 is 10.2 Å². The second-order valence-corrected chi connectivity index (χ2v) is 3.52. The van der Waals surface area contributed by atoms with E-state index in [9.17, 15) is 10.1 Å². The van der Waals surface area contributed by atoms with Gasteiger partial charge in [0.1, 0.15) is 0 Å². The van der Waals surface area contributed by atoms with Gasteiger partial charge in [-0.25, -0.2) is 0 Å². The first-order chi connectivity index (χ1) is 8.69.